The summed E-state index contributed by atoms with van der Waals surface area (Å²) in [4.78, 5) is 22.9. The van der Waals surface area contributed by atoms with Crippen molar-refractivity contribution < 1.29 is 14.3 Å². The van der Waals surface area contributed by atoms with Crippen molar-refractivity contribution in [1.29, 1.82) is 0 Å². The molecule has 1 atom stereocenters. The fourth-order valence-corrected chi connectivity index (χ4v) is 2.51. The van der Waals surface area contributed by atoms with E-state index in [2.05, 4.69) is 0 Å². The molecule has 2 rings (SSSR count). The predicted molar refractivity (Wildman–Crippen MR) is 50.6 cm³/mol. The molecule has 0 aromatic heterocycles. The Morgan fingerprint density at radius 3 is 2.86 bits per heavy atom. The molecule has 1 spiro atoms. The summed E-state index contributed by atoms with van der Waals surface area (Å²) in [5.41, 5.74) is 0.0155. The van der Waals surface area contributed by atoms with Gasteiger partial charge in [0.25, 0.3) is 0 Å². The lowest BCUT2D eigenvalue weighted by Gasteiger charge is -2.28. The van der Waals surface area contributed by atoms with Crippen molar-refractivity contribution in [3.63, 3.8) is 0 Å². The lowest BCUT2D eigenvalue weighted by Crippen LogP contribution is -2.33. The number of carbonyl (C=O) groups is 2. The second-order valence-corrected chi connectivity index (χ2v) is 4.42. The summed E-state index contributed by atoms with van der Waals surface area (Å²) in [6, 6.07) is 0. The molecule has 2 aliphatic rings. The van der Waals surface area contributed by atoms with Crippen molar-refractivity contribution in [3.8, 4) is 0 Å². The van der Waals surface area contributed by atoms with Gasteiger partial charge in [0, 0.05) is 12.8 Å². The summed E-state index contributed by atoms with van der Waals surface area (Å²) in [5, 5.41) is 0. The maximum absolute atomic E-state index is 11.6. The number of ketones is 1. The first-order valence-corrected chi connectivity index (χ1v) is 5.36. The third kappa shape index (κ3) is 1.56. The molecule has 0 aromatic rings. The lowest BCUT2D eigenvalue weighted by atomic mass is 9.76. The molecule has 2 saturated carbocycles. The average molecular weight is 196 g/mol. The van der Waals surface area contributed by atoms with Crippen molar-refractivity contribution in [2.45, 2.75) is 39.0 Å². The molecule has 0 heterocycles. The van der Waals surface area contributed by atoms with E-state index in [-0.39, 0.29) is 17.3 Å². The molecule has 0 unspecified atom stereocenters. The number of hydrogen-bond donors (Lipinski definition) is 0. The highest BCUT2D eigenvalue weighted by molar-refractivity contribution is 5.84. The van der Waals surface area contributed by atoms with Gasteiger partial charge in [-0.1, -0.05) is 0 Å². The molecule has 14 heavy (non-hydrogen) atoms. The molecule has 3 nitrogen and oxygen atoms in total. The molecule has 0 bridgehead atoms. The number of carbonyl (C=O) groups excluding carboxylic acids is 2. The molecule has 0 aromatic carbocycles. The first-order chi connectivity index (χ1) is 6.68. The fraction of sp³-hybridized carbons (Fsp3) is 0.818. The summed E-state index contributed by atoms with van der Waals surface area (Å²) in [6.07, 6.45) is 3.93. The summed E-state index contributed by atoms with van der Waals surface area (Å²) < 4.78 is 5.04. The fourth-order valence-electron chi connectivity index (χ4n) is 2.51. The van der Waals surface area contributed by atoms with Gasteiger partial charge in [0.1, 0.15) is 5.78 Å². The molecule has 2 fully saturated rings. The molecule has 3 heteroatoms. The van der Waals surface area contributed by atoms with Gasteiger partial charge in [-0.3, -0.25) is 9.59 Å². The molecule has 0 N–H and O–H groups in total. The highest BCUT2D eigenvalue weighted by atomic mass is 16.5. The van der Waals surface area contributed by atoms with Crippen LogP contribution in [0.3, 0.4) is 0 Å². The molecule has 2 aliphatic carbocycles. The van der Waals surface area contributed by atoms with E-state index in [1.165, 1.54) is 0 Å². The minimum atomic E-state index is -0.0856. The Hall–Kier alpha value is -0.860. The molecule has 0 amide bonds. The zero-order valence-corrected chi connectivity index (χ0v) is 8.54. The standard InChI is InChI=1S/C11H16O3/c1-2-14-10(13)9-4-3-8(12)7-11(9)5-6-11/h9H,2-7H2,1H3/t9-/m0/s1. The topological polar surface area (TPSA) is 43.4 Å². The van der Waals surface area contributed by atoms with Gasteiger partial charge < -0.3 is 4.74 Å². The second-order valence-electron chi connectivity index (χ2n) is 4.42. The largest absolute Gasteiger partial charge is 0.466 e. The van der Waals surface area contributed by atoms with Gasteiger partial charge in [-0.05, 0) is 31.6 Å². The van der Waals surface area contributed by atoms with Crippen LogP contribution in [-0.2, 0) is 14.3 Å². The molecule has 0 aliphatic heterocycles. The third-order valence-electron chi connectivity index (χ3n) is 3.46. The van der Waals surface area contributed by atoms with Crippen LogP contribution in [0.25, 0.3) is 0 Å². The van der Waals surface area contributed by atoms with E-state index in [9.17, 15) is 9.59 Å². The van der Waals surface area contributed by atoms with E-state index < -0.39 is 0 Å². The summed E-state index contributed by atoms with van der Waals surface area (Å²) in [6.45, 7) is 2.27. The molecule has 0 saturated heterocycles. The second kappa shape index (κ2) is 3.37. The monoisotopic (exact) mass is 196 g/mol. The van der Waals surface area contributed by atoms with E-state index >= 15 is 0 Å². The Morgan fingerprint density at radius 2 is 2.29 bits per heavy atom. The van der Waals surface area contributed by atoms with Gasteiger partial charge in [0.15, 0.2) is 0 Å². The number of ether oxygens (including phenoxy) is 1. The van der Waals surface area contributed by atoms with Crippen LogP contribution < -0.4 is 0 Å². The van der Waals surface area contributed by atoms with Crippen molar-refractivity contribution >= 4 is 11.8 Å². The Labute approximate surface area is 83.8 Å². The van der Waals surface area contributed by atoms with E-state index in [1.54, 1.807) is 0 Å². The predicted octanol–water partition coefficient (Wildman–Crippen LogP) is 1.70. The third-order valence-corrected chi connectivity index (χ3v) is 3.46. The first-order valence-electron chi connectivity index (χ1n) is 5.36. The van der Waals surface area contributed by atoms with Crippen LogP contribution in [0.4, 0.5) is 0 Å². The zero-order valence-electron chi connectivity index (χ0n) is 8.54. The van der Waals surface area contributed by atoms with Gasteiger partial charge in [-0.2, -0.15) is 0 Å². The maximum atomic E-state index is 11.6. The van der Waals surface area contributed by atoms with Gasteiger partial charge in [-0.25, -0.2) is 0 Å². The van der Waals surface area contributed by atoms with Gasteiger partial charge in [-0.15, -0.1) is 0 Å². The van der Waals surface area contributed by atoms with Crippen LogP contribution >= 0.6 is 0 Å². The Kier molecular flexibility index (Phi) is 2.33. The Balaban J connectivity index is 2.04. The van der Waals surface area contributed by atoms with Crippen molar-refractivity contribution in [1.82, 2.24) is 0 Å². The summed E-state index contributed by atoms with van der Waals surface area (Å²) >= 11 is 0. The first kappa shape index (κ1) is 9.69. The highest BCUT2D eigenvalue weighted by Crippen LogP contribution is 2.58. The Morgan fingerprint density at radius 1 is 1.57 bits per heavy atom. The van der Waals surface area contributed by atoms with Crippen molar-refractivity contribution in [2.75, 3.05) is 6.61 Å². The van der Waals surface area contributed by atoms with E-state index in [1.807, 2.05) is 6.92 Å². The van der Waals surface area contributed by atoms with Gasteiger partial charge >= 0.3 is 5.97 Å². The van der Waals surface area contributed by atoms with Crippen LogP contribution in [0.5, 0.6) is 0 Å². The van der Waals surface area contributed by atoms with E-state index in [0.29, 0.717) is 31.7 Å². The van der Waals surface area contributed by atoms with Crippen LogP contribution in [0.2, 0.25) is 0 Å². The lowest BCUT2D eigenvalue weighted by molar-refractivity contribution is -0.152. The summed E-state index contributed by atoms with van der Waals surface area (Å²) in [7, 11) is 0. The molecule has 0 radical (unpaired) electrons. The SMILES string of the molecule is CCOC(=O)[C@@H]1CCC(=O)CC12CC2. The average Bonchev–Trinajstić information content (AvgIpc) is 2.85. The van der Waals surface area contributed by atoms with Gasteiger partial charge in [0.2, 0.25) is 0 Å². The van der Waals surface area contributed by atoms with Crippen LogP contribution in [0.1, 0.15) is 39.0 Å². The molecule has 78 valence electrons. The number of rotatable bonds is 2. The summed E-state index contributed by atoms with van der Waals surface area (Å²) in [5.74, 6) is 0.237. The van der Waals surface area contributed by atoms with Crippen molar-refractivity contribution in [3.05, 3.63) is 0 Å². The van der Waals surface area contributed by atoms with Crippen molar-refractivity contribution in [2.24, 2.45) is 11.3 Å². The molecular weight excluding hydrogens is 180 g/mol. The quantitative estimate of drug-likeness (QED) is 0.631. The highest BCUT2D eigenvalue weighted by Gasteiger charge is 2.55. The number of Topliss-reactive ketones (excluding diaryl/α,β-unsaturated/α-hetero) is 1. The van der Waals surface area contributed by atoms with Crippen LogP contribution in [0.15, 0.2) is 0 Å². The number of esters is 1. The number of hydrogen-bond acceptors (Lipinski definition) is 3. The normalized spacial score (nSPS) is 28.9. The van der Waals surface area contributed by atoms with Crippen LogP contribution in [0, 0.1) is 11.3 Å². The van der Waals surface area contributed by atoms with Gasteiger partial charge in [0.05, 0.1) is 12.5 Å². The zero-order chi connectivity index (χ0) is 10.2. The van der Waals surface area contributed by atoms with Crippen LogP contribution in [-0.4, -0.2) is 18.4 Å². The Bertz CT molecular complexity index is 266. The van der Waals surface area contributed by atoms with E-state index in [4.69, 9.17) is 4.74 Å². The minimum Gasteiger partial charge on any atom is -0.466 e. The smallest absolute Gasteiger partial charge is 0.309 e. The van der Waals surface area contributed by atoms with E-state index in [0.717, 1.165) is 12.8 Å². The minimum absolute atomic E-state index is 0.000139. The maximum Gasteiger partial charge on any atom is 0.309 e. The molecular formula is C11H16O3.